The molecular formula is C8H7N3OS. The van der Waals surface area contributed by atoms with Gasteiger partial charge in [-0.25, -0.2) is 4.98 Å². The fourth-order valence-electron chi connectivity index (χ4n) is 0.824. The second-order valence-electron chi connectivity index (χ2n) is 2.28. The number of hydrogen-bond donors (Lipinski definition) is 0. The monoisotopic (exact) mass is 193 g/mol. The van der Waals surface area contributed by atoms with Crippen molar-refractivity contribution in [1.29, 1.82) is 0 Å². The van der Waals surface area contributed by atoms with E-state index in [1.807, 2.05) is 5.38 Å². The van der Waals surface area contributed by atoms with Crippen molar-refractivity contribution in [1.82, 2.24) is 15.2 Å². The van der Waals surface area contributed by atoms with Crippen LogP contribution in [0.25, 0.3) is 0 Å². The molecule has 0 atom stereocenters. The van der Waals surface area contributed by atoms with Gasteiger partial charge in [-0.15, -0.1) is 16.4 Å². The predicted octanol–water partition coefficient (Wildman–Crippen LogP) is 1.51. The maximum atomic E-state index is 5.32. The van der Waals surface area contributed by atoms with Crippen LogP contribution in [0.1, 0.15) is 5.01 Å². The largest absolute Gasteiger partial charge is 0.469 e. The molecule has 0 bridgehead atoms. The lowest BCUT2D eigenvalue weighted by molar-refractivity contribution is 0.289. The Labute approximate surface area is 79.2 Å². The summed E-state index contributed by atoms with van der Waals surface area (Å²) in [6.45, 7) is 0.455. The average molecular weight is 193 g/mol. The molecular weight excluding hydrogens is 186 g/mol. The van der Waals surface area contributed by atoms with Crippen LogP contribution in [-0.4, -0.2) is 15.2 Å². The first-order chi connectivity index (χ1) is 6.45. The number of hydrogen-bond acceptors (Lipinski definition) is 5. The van der Waals surface area contributed by atoms with Crippen LogP contribution in [0.5, 0.6) is 5.88 Å². The Hall–Kier alpha value is -1.49. The summed E-state index contributed by atoms with van der Waals surface area (Å²) in [6.07, 6.45) is 3.36. The molecule has 2 aromatic rings. The van der Waals surface area contributed by atoms with Crippen molar-refractivity contribution in [3.63, 3.8) is 0 Å². The number of ether oxygens (including phenoxy) is 1. The van der Waals surface area contributed by atoms with Gasteiger partial charge in [-0.2, -0.15) is 5.10 Å². The fourth-order valence-corrected chi connectivity index (χ4v) is 1.35. The van der Waals surface area contributed by atoms with Gasteiger partial charge in [-0.1, -0.05) is 0 Å². The van der Waals surface area contributed by atoms with E-state index in [0.717, 1.165) is 5.01 Å². The lowest BCUT2D eigenvalue weighted by atomic mass is 10.6. The molecule has 5 heteroatoms. The van der Waals surface area contributed by atoms with Crippen LogP contribution < -0.4 is 4.74 Å². The molecule has 66 valence electrons. The lowest BCUT2D eigenvalue weighted by Gasteiger charge is -1.99. The standard InChI is InChI=1S/C8H7N3OS/c1-2-7(11-10-3-1)12-6-8-9-4-5-13-8/h1-5H,6H2. The number of nitrogens with zero attached hydrogens (tertiary/aromatic N) is 3. The van der Waals surface area contributed by atoms with Crippen molar-refractivity contribution in [3.05, 3.63) is 34.9 Å². The van der Waals surface area contributed by atoms with Gasteiger partial charge in [0.1, 0.15) is 11.6 Å². The van der Waals surface area contributed by atoms with Crippen LogP contribution in [0.3, 0.4) is 0 Å². The van der Waals surface area contributed by atoms with E-state index in [2.05, 4.69) is 15.2 Å². The summed E-state index contributed by atoms with van der Waals surface area (Å²) in [4.78, 5) is 4.08. The first kappa shape index (κ1) is 8.12. The Morgan fingerprint density at radius 2 is 2.38 bits per heavy atom. The van der Waals surface area contributed by atoms with Crippen LogP contribution in [0, 0.1) is 0 Å². The Morgan fingerprint density at radius 3 is 3.08 bits per heavy atom. The van der Waals surface area contributed by atoms with Gasteiger partial charge in [-0.3, -0.25) is 0 Å². The van der Waals surface area contributed by atoms with E-state index < -0.39 is 0 Å². The van der Waals surface area contributed by atoms with Gasteiger partial charge in [0.15, 0.2) is 0 Å². The number of rotatable bonds is 3. The predicted molar refractivity (Wildman–Crippen MR) is 48.5 cm³/mol. The van der Waals surface area contributed by atoms with Crippen LogP contribution in [0.2, 0.25) is 0 Å². The summed E-state index contributed by atoms with van der Waals surface area (Å²) in [5.41, 5.74) is 0. The molecule has 0 N–H and O–H groups in total. The molecule has 4 nitrogen and oxygen atoms in total. The second-order valence-corrected chi connectivity index (χ2v) is 3.26. The molecule has 0 fully saturated rings. The Balaban J connectivity index is 1.94. The molecule has 0 saturated carbocycles. The number of aromatic nitrogens is 3. The molecule has 0 unspecified atom stereocenters. The molecule has 0 saturated heterocycles. The molecule has 2 heterocycles. The van der Waals surface area contributed by atoms with E-state index in [1.165, 1.54) is 0 Å². The first-order valence-electron chi connectivity index (χ1n) is 3.74. The third-order valence-electron chi connectivity index (χ3n) is 1.37. The summed E-state index contributed by atoms with van der Waals surface area (Å²) < 4.78 is 5.32. The van der Waals surface area contributed by atoms with E-state index in [9.17, 15) is 0 Å². The molecule has 0 aliphatic rings. The lowest BCUT2D eigenvalue weighted by Crippen LogP contribution is -1.96. The van der Waals surface area contributed by atoms with Crippen molar-refractivity contribution < 1.29 is 4.74 Å². The zero-order valence-corrected chi connectivity index (χ0v) is 7.57. The quantitative estimate of drug-likeness (QED) is 0.741. The van der Waals surface area contributed by atoms with Gasteiger partial charge in [0.05, 0.1) is 0 Å². The van der Waals surface area contributed by atoms with Gasteiger partial charge < -0.3 is 4.74 Å². The molecule has 0 aliphatic carbocycles. The minimum atomic E-state index is 0.455. The molecule has 0 spiro atoms. The minimum Gasteiger partial charge on any atom is -0.469 e. The summed E-state index contributed by atoms with van der Waals surface area (Å²) in [6, 6.07) is 3.55. The molecule has 0 radical (unpaired) electrons. The highest BCUT2D eigenvalue weighted by molar-refractivity contribution is 7.09. The highest BCUT2D eigenvalue weighted by Crippen LogP contribution is 2.08. The Morgan fingerprint density at radius 1 is 1.38 bits per heavy atom. The first-order valence-corrected chi connectivity index (χ1v) is 4.62. The van der Waals surface area contributed by atoms with Crippen LogP contribution in [-0.2, 0) is 6.61 Å². The molecule has 0 aliphatic heterocycles. The third kappa shape index (κ3) is 2.22. The van der Waals surface area contributed by atoms with Crippen LogP contribution in [0.4, 0.5) is 0 Å². The van der Waals surface area contributed by atoms with Gasteiger partial charge >= 0.3 is 0 Å². The van der Waals surface area contributed by atoms with Crippen molar-refractivity contribution in [2.24, 2.45) is 0 Å². The zero-order chi connectivity index (χ0) is 8.93. The van der Waals surface area contributed by atoms with Crippen LogP contribution in [0.15, 0.2) is 29.9 Å². The molecule has 0 amide bonds. The topological polar surface area (TPSA) is 47.9 Å². The van der Waals surface area contributed by atoms with Gasteiger partial charge in [0, 0.05) is 23.8 Å². The summed E-state index contributed by atoms with van der Waals surface area (Å²) in [5, 5.41) is 10.3. The average Bonchev–Trinajstić information content (AvgIpc) is 2.69. The fraction of sp³-hybridized carbons (Fsp3) is 0.125. The molecule has 2 aromatic heterocycles. The Kier molecular flexibility index (Phi) is 2.47. The van der Waals surface area contributed by atoms with Crippen molar-refractivity contribution in [2.45, 2.75) is 6.61 Å². The highest BCUT2D eigenvalue weighted by atomic mass is 32.1. The Bertz CT molecular complexity index is 349. The van der Waals surface area contributed by atoms with E-state index in [0.29, 0.717) is 12.5 Å². The van der Waals surface area contributed by atoms with E-state index in [-0.39, 0.29) is 0 Å². The summed E-state index contributed by atoms with van der Waals surface area (Å²) >= 11 is 1.56. The van der Waals surface area contributed by atoms with Gasteiger partial charge in [0.2, 0.25) is 5.88 Å². The van der Waals surface area contributed by atoms with E-state index >= 15 is 0 Å². The smallest absolute Gasteiger partial charge is 0.233 e. The molecule has 2 rings (SSSR count). The van der Waals surface area contributed by atoms with Crippen LogP contribution >= 0.6 is 11.3 Å². The van der Waals surface area contributed by atoms with Crippen molar-refractivity contribution >= 4 is 11.3 Å². The second kappa shape index (κ2) is 3.95. The number of thiazole rings is 1. The third-order valence-corrected chi connectivity index (χ3v) is 2.13. The molecule has 13 heavy (non-hydrogen) atoms. The van der Waals surface area contributed by atoms with E-state index in [1.54, 1.807) is 35.9 Å². The summed E-state index contributed by atoms with van der Waals surface area (Å²) in [7, 11) is 0. The normalized spacial score (nSPS) is 9.85. The summed E-state index contributed by atoms with van der Waals surface area (Å²) in [5.74, 6) is 0.526. The minimum absolute atomic E-state index is 0.455. The maximum Gasteiger partial charge on any atom is 0.233 e. The highest BCUT2D eigenvalue weighted by Gasteiger charge is 1.97. The van der Waals surface area contributed by atoms with Gasteiger partial charge in [-0.05, 0) is 6.07 Å². The molecule has 0 aromatic carbocycles. The maximum absolute atomic E-state index is 5.32. The van der Waals surface area contributed by atoms with E-state index in [4.69, 9.17) is 4.74 Å². The van der Waals surface area contributed by atoms with Gasteiger partial charge in [0.25, 0.3) is 0 Å². The van der Waals surface area contributed by atoms with Crippen molar-refractivity contribution in [3.8, 4) is 5.88 Å². The zero-order valence-electron chi connectivity index (χ0n) is 6.75. The van der Waals surface area contributed by atoms with Crippen molar-refractivity contribution in [2.75, 3.05) is 0 Å². The SMILES string of the molecule is c1cnnc(OCc2nccs2)c1.